The highest BCUT2D eigenvalue weighted by molar-refractivity contribution is 7.22. The van der Waals surface area contributed by atoms with Crippen molar-refractivity contribution in [2.45, 2.75) is 13.8 Å². The van der Waals surface area contributed by atoms with Crippen LogP contribution in [0, 0.1) is 6.92 Å². The molecule has 0 aliphatic carbocycles. The lowest BCUT2D eigenvalue weighted by Gasteiger charge is -1.99. The molecule has 0 aliphatic rings. The first-order valence-corrected chi connectivity index (χ1v) is 9.41. The van der Waals surface area contributed by atoms with Crippen LogP contribution in [0.2, 0.25) is 0 Å². The second-order valence-electron chi connectivity index (χ2n) is 5.47. The van der Waals surface area contributed by atoms with Crippen molar-refractivity contribution in [3.63, 3.8) is 0 Å². The molecule has 0 fully saturated rings. The minimum atomic E-state index is -0.414. The van der Waals surface area contributed by atoms with E-state index in [1.807, 2.05) is 36.4 Å². The van der Waals surface area contributed by atoms with E-state index in [-0.39, 0.29) is 5.56 Å². The summed E-state index contributed by atoms with van der Waals surface area (Å²) in [6, 6.07) is 11.8. The number of esters is 1. The summed E-state index contributed by atoms with van der Waals surface area (Å²) in [5.41, 5.74) is 1.48. The van der Waals surface area contributed by atoms with Gasteiger partial charge in [0.05, 0.1) is 17.7 Å². The van der Waals surface area contributed by atoms with Gasteiger partial charge in [0, 0.05) is 4.88 Å². The van der Waals surface area contributed by atoms with Gasteiger partial charge in [0.15, 0.2) is 4.96 Å². The standard InChI is InChI=1S/C18H14N2O3S2/c1-3-23-17(22)14-10(2)20-16(21)12-9-13(11-7-5-4-6-8-11)24-15(12)19-18(20)25-14/h4-9H,3H2,1-2H3. The Morgan fingerprint density at radius 2 is 2.00 bits per heavy atom. The number of hydrogen-bond donors (Lipinski definition) is 0. The molecule has 4 aromatic rings. The first-order chi connectivity index (χ1) is 12.1. The molecule has 0 saturated heterocycles. The van der Waals surface area contributed by atoms with E-state index in [9.17, 15) is 9.59 Å². The van der Waals surface area contributed by atoms with E-state index in [2.05, 4.69) is 4.98 Å². The highest BCUT2D eigenvalue weighted by Gasteiger charge is 2.20. The number of aryl methyl sites for hydroxylation is 1. The van der Waals surface area contributed by atoms with Crippen LogP contribution < -0.4 is 5.56 Å². The van der Waals surface area contributed by atoms with E-state index >= 15 is 0 Å². The molecule has 0 spiro atoms. The van der Waals surface area contributed by atoms with Gasteiger partial charge < -0.3 is 4.74 Å². The van der Waals surface area contributed by atoms with Crippen LogP contribution in [0.1, 0.15) is 22.3 Å². The number of hydrogen-bond acceptors (Lipinski definition) is 6. The zero-order chi connectivity index (χ0) is 17.6. The van der Waals surface area contributed by atoms with Gasteiger partial charge in [-0.05, 0) is 25.5 Å². The summed E-state index contributed by atoms with van der Waals surface area (Å²) in [5.74, 6) is -0.414. The van der Waals surface area contributed by atoms with Crippen molar-refractivity contribution >= 4 is 43.8 Å². The third-order valence-corrected chi connectivity index (χ3v) is 6.11. The van der Waals surface area contributed by atoms with Crippen LogP contribution in [-0.4, -0.2) is 22.0 Å². The van der Waals surface area contributed by atoms with Gasteiger partial charge in [-0.3, -0.25) is 9.20 Å². The Kier molecular flexibility index (Phi) is 3.89. The Hall–Kier alpha value is -2.51. The van der Waals surface area contributed by atoms with Crippen LogP contribution in [0.15, 0.2) is 41.2 Å². The van der Waals surface area contributed by atoms with Crippen LogP contribution in [-0.2, 0) is 4.74 Å². The maximum atomic E-state index is 12.9. The molecule has 0 radical (unpaired) electrons. The molecule has 126 valence electrons. The molecule has 0 saturated carbocycles. The number of fused-ring (bicyclic) bond motifs is 2. The predicted octanol–water partition coefficient (Wildman–Crippen LogP) is 4.12. The summed E-state index contributed by atoms with van der Waals surface area (Å²) in [6.45, 7) is 3.80. The van der Waals surface area contributed by atoms with Crippen LogP contribution in [0.4, 0.5) is 0 Å². The van der Waals surface area contributed by atoms with Gasteiger partial charge in [0.25, 0.3) is 5.56 Å². The number of thiazole rings is 1. The summed E-state index contributed by atoms with van der Waals surface area (Å²) >= 11 is 2.67. The number of nitrogens with zero attached hydrogens (tertiary/aromatic N) is 2. The molecule has 0 bridgehead atoms. The topological polar surface area (TPSA) is 60.7 Å². The molecule has 0 unspecified atom stereocenters. The normalized spacial score (nSPS) is 11.3. The smallest absolute Gasteiger partial charge is 0.350 e. The van der Waals surface area contributed by atoms with E-state index in [0.29, 0.717) is 32.4 Å². The van der Waals surface area contributed by atoms with Gasteiger partial charge >= 0.3 is 5.97 Å². The molecule has 0 amide bonds. The van der Waals surface area contributed by atoms with E-state index in [1.165, 1.54) is 27.1 Å². The third kappa shape index (κ3) is 2.56. The number of thiophene rings is 1. The quantitative estimate of drug-likeness (QED) is 0.509. The molecule has 0 atom stereocenters. The lowest BCUT2D eigenvalue weighted by atomic mass is 10.2. The summed E-state index contributed by atoms with van der Waals surface area (Å²) < 4.78 is 6.57. The lowest BCUT2D eigenvalue weighted by Crippen LogP contribution is -2.15. The number of carbonyl (C=O) groups excluding carboxylic acids is 1. The summed E-state index contributed by atoms with van der Waals surface area (Å²) in [5, 5.41) is 0.567. The largest absolute Gasteiger partial charge is 0.462 e. The van der Waals surface area contributed by atoms with Crippen LogP contribution in [0.3, 0.4) is 0 Å². The highest BCUT2D eigenvalue weighted by Crippen LogP contribution is 2.32. The van der Waals surface area contributed by atoms with Crippen molar-refractivity contribution in [2.24, 2.45) is 0 Å². The van der Waals surface area contributed by atoms with Crippen molar-refractivity contribution in [3.05, 3.63) is 57.3 Å². The molecule has 4 rings (SSSR count). The zero-order valence-electron chi connectivity index (χ0n) is 13.6. The summed E-state index contributed by atoms with van der Waals surface area (Å²) in [6.07, 6.45) is 0. The fourth-order valence-electron chi connectivity index (χ4n) is 2.72. The molecular weight excluding hydrogens is 356 g/mol. The van der Waals surface area contributed by atoms with Gasteiger partial charge in [-0.15, -0.1) is 11.3 Å². The van der Waals surface area contributed by atoms with E-state index < -0.39 is 5.97 Å². The number of rotatable bonds is 3. The number of benzene rings is 1. The van der Waals surface area contributed by atoms with Crippen LogP contribution in [0.25, 0.3) is 25.6 Å². The SMILES string of the molecule is CCOC(=O)c1sc2nc3sc(-c4ccccc4)cc3c(=O)n2c1C. The monoisotopic (exact) mass is 370 g/mol. The van der Waals surface area contributed by atoms with Crippen molar-refractivity contribution < 1.29 is 9.53 Å². The highest BCUT2D eigenvalue weighted by atomic mass is 32.1. The Morgan fingerprint density at radius 3 is 2.72 bits per heavy atom. The molecule has 1 aromatic carbocycles. The van der Waals surface area contributed by atoms with Crippen molar-refractivity contribution in [1.82, 2.24) is 9.38 Å². The zero-order valence-corrected chi connectivity index (χ0v) is 15.2. The fraction of sp³-hybridized carbons (Fsp3) is 0.167. The lowest BCUT2D eigenvalue weighted by molar-refractivity contribution is 0.0531. The molecule has 3 heterocycles. The summed E-state index contributed by atoms with van der Waals surface area (Å²) in [4.78, 5) is 32.2. The molecule has 3 aromatic heterocycles. The van der Waals surface area contributed by atoms with Crippen molar-refractivity contribution in [1.29, 1.82) is 0 Å². The molecule has 7 heteroatoms. The van der Waals surface area contributed by atoms with Gasteiger partial charge in [-0.2, -0.15) is 0 Å². The average Bonchev–Trinajstić information content (AvgIpc) is 3.18. The number of aromatic nitrogens is 2. The minimum Gasteiger partial charge on any atom is -0.462 e. The Morgan fingerprint density at radius 1 is 1.24 bits per heavy atom. The molecule has 25 heavy (non-hydrogen) atoms. The maximum Gasteiger partial charge on any atom is 0.350 e. The van der Waals surface area contributed by atoms with Gasteiger partial charge in [-0.1, -0.05) is 41.7 Å². The first-order valence-electron chi connectivity index (χ1n) is 7.78. The van der Waals surface area contributed by atoms with Crippen LogP contribution >= 0.6 is 22.7 Å². The van der Waals surface area contributed by atoms with Crippen LogP contribution in [0.5, 0.6) is 0 Å². The predicted molar refractivity (Wildman–Crippen MR) is 101 cm³/mol. The van der Waals surface area contributed by atoms with Gasteiger partial charge in [0.2, 0.25) is 0 Å². The Bertz CT molecular complexity index is 1160. The number of carbonyl (C=O) groups is 1. The average molecular weight is 370 g/mol. The molecular formula is C18H14N2O3S2. The van der Waals surface area contributed by atoms with Crippen molar-refractivity contribution in [3.8, 4) is 10.4 Å². The number of ether oxygens (including phenoxy) is 1. The second-order valence-corrected chi connectivity index (χ2v) is 7.48. The van der Waals surface area contributed by atoms with E-state index in [0.717, 1.165) is 10.4 Å². The van der Waals surface area contributed by atoms with Gasteiger partial charge in [-0.25, -0.2) is 9.78 Å². The molecule has 0 aliphatic heterocycles. The molecule has 5 nitrogen and oxygen atoms in total. The minimum absolute atomic E-state index is 0.150. The Labute approximate surface area is 151 Å². The summed E-state index contributed by atoms with van der Waals surface area (Å²) in [7, 11) is 0. The van der Waals surface area contributed by atoms with E-state index in [1.54, 1.807) is 13.8 Å². The third-order valence-electron chi connectivity index (χ3n) is 3.91. The maximum absolute atomic E-state index is 12.9. The molecule has 0 N–H and O–H groups in total. The van der Waals surface area contributed by atoms with E-state index in [4.69, 9.17) is 4.74 Å². The van der Waals surface area contributed by atoms with Gasteiger partial charge in [0.1, 0.15) is 9.71 Å². The second kappa shape index (κ2) is 6.09. The Balaban J connectivity index is 1.94. The fourth-order valence-corrected chi connectivity index (χ4v) is 4.82. The van der Waals surface area contributed by atoms with Crippen molar-refractivity contribution in [2.75, 3.05) is 6.61 Å². The first kappa shape index (κ1) is 16.0.